The smallest absolute Gasteiger partial charge is 0.261 e. The zero-order chi connectivity index (χ0) is 19.3. The van der Waals surface area contributed by atoms with E-state index < -0.39 is 0 Å². The molecule has 3 aromatic rings. The number of carbonyl (C=O) groups excluding carboxylic acids is 1. The molecule has 1 aromatic heterocycles. The van der Waals surface area contributed by atoms with Crippen molar-refractivity contribution in [3.8, 4) is 5.75 Å². The highest BCUT2D eigenvalue weighted by atomic mass is 16.5. The van der Waals surface area contributed by atoms with Gasteiger partial charge in [0, 0.05) is 25.9 Å². The molecule has 0 bridgehead atoms. The molecule has 4 rings (SSSR count). The Hall–Kier alpha value is -3.15. The summed E-state index contributed by atoms with van der Waals surface area (Å²) in [4.78, 5) is 31.2. The van der Waals surface area contributed by atoms with Gasteiger partial charge in [0.05, 0.1) is 23.8 Å². The molecule has 0 radical (unpaired) electrons. The summed E-state index contributed by atoms with van der Waals surface area (Å²) in [6.45, 7) is 1.82. The topological polar surface area (TPSA) is 64.4 Å². The van der Waals surface area contributed by atoms with E-state index in [2.05, 4.69) is 4.98 Å². The van der Waals surface area contributed by atoms with Crippen LogP contribution >= 0.6 is 0 Å². The SMILES string of the molecule is O=C(CCCn1cnc2ccccc2c1=O)N1CC[C@H](Oc2ccccc2)C1. The van der Waals surface area contributed by atoms with Crippen molar-refractivity contribution in [1.82, 2.24) is 14.5 Å². The number of ether oxygens (including phenoxy) is 1. The van der Waals surface area contributed by atoms with Crippen LogP contribution in [0.1, 0.15) is 19.3 Å². The predicted molar refractivity (Wildman–Crippen MR) is 107 cm³/mol. The Balaban J connectivity index is 1.28. The van der Waals surface area contributed by atoms with Crippen molar-refractivity contribution in [2.24, 2.45) is 0 Å². The van der Waals surface area contributed by atoms with Gasteiger partial charge in [0.1, 0.15) is 11.9 Å². The van der Waals surface area contributed by atoms with Crippen molar-refractivity contribution in [3.05, 3.63) is 71.3 Å². The number of fused-ring (bicyclic) bond motifs is 1. The van der Waals surface area contributed by atoms with Crippen molar-refractivity contribution >= 4 is 16.8 Å². The summed E-state index contributed by atoms with van der Waals surface area (Å²) in [7, 11) is 0. The van der Waals surface area contributed by atoms with Gasteiger partial charge in [-0.15, -0.1) is 0 Å². The molecule has 144 valence electrons. The molecule has 6 nitrogen and oxygen atoms in total. The summed E-state index contributed by atoms with van der Waals surface area (Å²) in [5.74, 6) is 0.950. The lowest BCUT2D eigenvalue weighted by molar-refractivity contribution is -0.130. The number of para-hydroxylation sites is 2. The molecule has 2 heterocycles. The molecule has 1 aliphatic heterocycles. The van der Waals surface area contributed by atoms with Crippen LogP contribution in [-0.4, -0.2) is 39.6 Å². The van der Waals surface area contributed by atoms with Gasteiger partial charge in [-0.25, -0.2) is 4.98 Å². The fourth-order valence-corrected chi connectivity index (χ4v) is 3.57. The van der Waals surface area contributed by atoms with Gasteiger partial charge in [0.25, 0.3) is 5.56 Å². The van der Waals surface area contributed by atoms with Gasteiger partial charge >= 0.3 is 0 Å². The molecule has 1 atom stereocenters. The van der Waals surface area contributed by atoms with Gasteiger partial charge in [-0.3, -0.25) is 14.2 Å². The van der Waals surface area contributed by atoms with E-state index in [4.69, 9.17) is 4.74 Å². The summed E-state index contributed by atoms with van der Waals surface area (Å²) < 4.78 is 7.52. The first kappa shape index (κ1) is 18.2. The van der Waals surface area contributed by atoms with E-state index in [1.807, 2.05) is 53.4 Å². The quantitative estimate of drug-likeness (QED) is 0.663. The van der Waals surface area contributed by atoms with Crippen molar-refractivity contribution in [2.45, 2.75) is 31.9 Å². The van der Waals surface area contributed by atoms with Gasteiger partial charge in [-0.05, 0) is 30.7 Å². The molecule has 28 heavy (non-hydrogen) atoms. The van der Waals surface area contributed by atoms with Gasteiger partial charge in [0.2, 0.25) is 5.91 Å². The van der Waals surface area contributed by atoms with Crippen molar-refractivity contribution in [1.29, 1.82) is 0 Å². The van der Waals surface area contributed by atoms with Crippen LogP contribution < -0.4 is 10.3 Å². The predicted octanol–water partition coefficient (Wildman–Crippen LogP) is 2.86. The summed E-state index contributed by atoms with van der Waals surface area (Å²) in [6, 6.07) is 17.0. The summed E-state index contributed by atoms with van der Waals surface area (Å²) in [6.07, 6.45) is 3.47. The number of carbonyl (C=O) groups is 1. The molecule has 1 saturated heterocycles. The standard InChI is InChI=1S/C22H23N3O3/c26-21(24-14-12-18(15-24)28-17-7-2-1-3-8-17)11-6-13-25-16-23-20-10-5-4-9-19(20)22(25)27/h1-5,7-10,16,18H,6,11-15H2/t18-/m0/s1. The number of aryl methyl sites for hydroxylation is 1. The van der Waals surface area contributed by atoms with E-state index in [1.54, 1.807) is 17.0 Å². The summed E-state index contributed by atoms with van der Waals surface area (Å²) in [5, 5.41) is 0.608. The van der Waals surface area contributed by atoms with Gasteiger partial charge < -0.3 is 9.64 Å². The zero-order valence-electron chi connectivity index (χ0n) is 15.7. The molecule has 6 heteroatoms. The maximum atomic E-state index is 12.5. The first-order valence-corrected chi connectivity index (χ1v) is 9.64. The number of amides is 1. The lowest BCUT2D eigenvalue weighted by Gasteiger charge is -2.17. The van der Waals surface area contributed by atoms with E-state index in [0.29, 0.717) is 43.4 Å². The number of likely N-dealkylation sites (tertiary alicyclic amines) is 1. The van der Waals surface area contributed by atoms with Gasteiger partial charge in [-0.2, -0.15) is 0 Å². The second kappa shape index (κ2) is 8.25. The number of aromatic nitrogens is 2. The van der Waals surface area contributed by atoms with E-state index in [1.165, 1.54) is 0 Å². The van der Waals surface area contributed by atoms with E-state index in [0.717, 1.165) is 12.2 Å². The third-order valence-corrected chi connectivity index (χ3v) is 5.06. The maximum Gasteiger partial charge on any atom is 0.261 e. The Morgan fingerprint density at radius 2 is 1.89 bits per heavy atom. The third-order valence-electron chi connectivity index (χ3n) is 5.06. The van der Waals surface area contributed by atoms with E-state index in [9.17, 15) is 9.59 Å². The average Bonchev–Trinajstić information content (AvgIpc) is 3.19. The molecule has 0 aliphatic carbocycles. The molecule has 0 N–H and O–H groups in total. The van der Waals surface area contributed by atoms with Crippen LogP contribution in [0.3, 0.4) is 0 Å². The van der Waals surface area contributed by atoms with Crippen LogP contribution in [0.4, 0.5) is 0 Å². The average molecular weight is 377 g/mol. The lowest BCUT2D eigenvalue weighted by Crippen LogP contribution is -2.31. The maximum absolute atomic E-state index is 12.5. The van der Waals surface area contributed by atoms with Crippen LogP contribution in [0.15, 0.2) is 65.7 Å². The van der Waals surface area contributed by atoms with Crippen molar-refractivity contribution in [3.63, 3.8) is 0 Å². The molecule has 0 saturated carbocycles. The minimum atomic E-state index is -0.0597. The first-order valence-electron chi connectivity index (χ1n) is 9.64. The second-order valence-corrected chi connectivity index (χ2v) is 7.05. The fourth-order valence-electron chi connectivity index (χ4n) is 3.57. The number of benzene rings is 2. The molecule has 1 aliphatic rings. The Labute approximate surface area is 163 Å². The van der Waals surface area contributed by atoms with Crippen LogP contribution in [0.25, 0.3) is 10.9 Å². The second-order valence-electron chi connectivity index (χ2n) is 7.05. The molecule has 0 unspecified atom stereocenters. The van der Waals surface area contributed by atoms with E-state index in [-0.39, 0.29) is 17.6 Å². The molecule has 2 aromatic carbocycles. The highest BCUT2D eigenvalue weighted by Crippen LogP contribution is 2.19. The molecule has 1 amide bonds. The van der Waals surface area contributed by atoms with Gasteiger partial charge in [0.15, 0.2) is 0 Å². The van der Waals surface area contributed by atoms with Crippen LogP contribution in [0.2, 0.25) is 0 Å². The van der Waals surface area contributed by atoms with Crippen molar-refractivity contribution < 1.29 is 9.53 Å². The zero-order valence-corrected chi connectivity index (χ0v) is 15.7. The largest absolute Gasteiger partial charge is 0.489 e. The summed E-state index contributed by atoms with van der Waals surface area (Å²) >= 11 is 0. The van der Waals surface area contributed by atoms with Crippen LogP contribution in [-0.2, 0) is 11.3 Å². The first-order chi connectivity index (χ1) is 13.7. The minimum absolute atomic E-state index is 0.0404. The highest BCUT2D eigenvalue weighted by molar-refractivity contribution is 5.77. The fraction of sp³-hybridized carbons (Fsp3) is 0.318. The third kappa shape index (κ3) is 4.06. The molecule has 0 spiro atoms. The normalized spacial score (nSPS) is 16.4. The van der Waals surface area contributed by atoms with Crippen molar-refractivity contribution in [2.75, 3.05) is 13.1 Å². The number of hydrogen-bond donors (Lipinski definition) is 0. The van der Waals surface area contributed by atoms with Gasteiger partial charge in [-0.1, -0.05) is 30.3 Å². The Kier molecular flexibility index (Phi) is 5.37. The number of nitrogens with zero attached hydrogens (tertiary/aromatic N) is 3. The highest BCUT2D eigenvalue weighted by Gasteiger charge is 2.27. The Morgan fingerprint density at radius 3 is 2.75 bits per heavy atom. The molecule has 1 fully saturated rings. The molecular weight excluding hydrogens is 354 g/mol. The molecular formula is C22H23N3O3. The van der Waals surface area contributed by atoms with E-state index >= 15 is 0 Å². The monoisotopic (exact) mass is 377 g/mol. The number of rotatable bonds is 6. The lowest BCUT2D eigenvalue weighted by atomic mass is 10.2. The number of hydrogen-bond acceptors (Lipinski definition) is 4. The Bertz CT molecular complexity index is 1020. The minimum Gasteiger partial charge on any atom is -0.489 e. The van der Waals surface area contributed by atoms with Crippen LogP contribution in [0, 0.1) is 0 Å². The summed E-state index contributed by atoms with van der Waals surface area (Å²) in [5.41, 5.74) is 0.636. The Morgan fingerprint density at radius 1 is 1.11 bits per heavy atom. The van der Waals surface area contributed by atoms with Crippen LogP contribution in [0.5, 0.6) is 5.75 Å².